The topological polar surface area (TPSA) is 58.5 Å². The van der Waals surface area contributed by atoms with Crippen molar-refractivity contribution in [2.24, 2.45) is 16.8 Å². The van der Waals surface area contributed by atoms with Gasteiger partial charge >= 0.3 is 0 Å². The number of carbonyl (C=O) groups is 2. The highest BCUT2D eigenvalue weighted by Crippen LogP contribution is 2.50. The summed E-state index contributed by atoms with van der Waals surface area (Å²) in [5, 5.41) is 3.51. The molecule has 1 aromatic carbocycles. The van der Waals surface area contributed by atoms with Crippen LogP contribution in [-0.4, -0.2) is 24.4 Å². The molecule has 4 rings (SSSR count). The van der Waals surface area contributed by atoms with Crippen LogP contribution in [0.5, 0.6) is 0 Å². The van der Waals surface area contributed by atoms with Crippen molar-refractivity contribution in [2.45, 2.75) is 11.8 Å². The van der Waals surface area contributed by atoms with Crippen LogP contribution in [0.4, 0.5) is 5.69 Å². The first-order chi connectivity index (χ1) is 11.1. The van der Waals surface area contributed by atoms with Gasteiger partial charge in [-0.15, -0.1) is 0 Å². The molecule has 0 saturated carbocycles. The number of dihydropyridines is 1. The minimum atomic E-state index is -0.824. The molecule has 0 saturated heterocycles. The van der Waals surface area contributed by atoms with Crippen molar-refractivity contribution in [1.82, 2.24) is 0 Å². The third-order valence-corrected chi connectivity index (χ3v) is 5.21. The van der Waals surface area contributed by atoms with Gasteiger partial charge in [0.15, 0.2) is 5.78 Å². The number of carbonyl (C=O) groups excluding carboxylic acids is 2. The third-order valence-electron chi connectivity index (χ3n) is 4.97. The first-order valence-electron chi connectivity index (χ1n) is 7.61. The van der Waals surface area contributed by atoms with E-state index < -0.39 is 5.41 Å². The van der Waals surface area contributed by atoms with Gasteiger partial charge in [0.1, 0.15) is 0 Å². The molecule has 1 amide bonds. The second-order valence-electron chi connectivity index (χ2n) is 6.19. The number of fused-ring (bicyclic) bond motifs is 2. The Morgan fingerprint density at radius 3 is 2.96 bits per heavy atom. The average Bonchev–Trinajstić information content (AvgIpc) is 2.82. The summed E-state index contributed by atoms with van der Waals surface area (Å²) in [6.07, 6.45) is 9.34. The largest absolute Gasteiger partial charge is 0.325 e. The van der Waals surface area contributed by atoms with Crippen LogP contribution in [0.15, 0.2) is 47.5 Å². The first kappa shape index (κ1) is 14.4. The molecule has 1 aliphatic carbocycles. The third kappa shape index (κ3) is 2.09. The summed E-state index contributed by atoms with van der Waals surface area (Å²) in [6.45, 7) is 0.597. The fourth-order valence-corrected chi connectivity index (χ4v) is 4.08. The summed E-state index contributed by atoms with van der Waals surface area (Å²) in [6, 6.07) is 5.44. The lowest BCUT2D eigenvalue weighted by Crippen LogP contribution is -2.47. The Morgan fingerprint density at radius 1 is 1.30 bits per heavy atom. The Morgan fingerprint density at radius 2 is 2.17 bits per heavy atom. The number of amides is 1. The second-order valence-corrected chi connectivity index (χ2v) is 6.62. The van der Waals surface area contributed by atoms with E-state index >= 15 is 0 Å². The van der Waals surface area contributed by atoms with Crippen LogP contribution >= 0.6 is 11.6 Å². The number of hydrogen-bond donors (Lipinski definition) is 1. The highest BCUT2D eigenvalue weighted by atomic mass is 35.5. The van der Waals surface area contributed by atoms with Crippen molar-refractivity contribution in [3.63, 3.8) is 0 Å². The predicted molar refractivity (Wildman–Crippen MR) is 90.0 cm³/mol. The highest BCUT2D eigenvalue weighted by molar-refractivity contribution is 6.31. The van der Waals surface area contributed by atoms with Gasteiger partial charge in [-0.2, -0.15) is 0 Å². The van der Waals surface area contributed by atoms with Crippen LogP contribution in [0.2, 0.25) is 5.02 Å². The predicted octanol–water partition coefficient (Wildman–Crippen LogP) is 2.93. The van der Waals surface area contributed by atoms with Crippen LogP contribution in [0.1, 0.15) is 12.0 Å². The Kier molecular flexibility index (Phi) is 3.23. The van der Waals surface area contributed by atoms with E-state index in [0.29, 0.717) is 18.0 Å². The number of rotatable bonds is 1. The molecular formula is C18H15ClN2O2. The Labute approximate surface area is 138 Å². The van der Waals surface area contributed by atoms with Crippen LogP contribution in [0.3, 0.4) is 0 Å². The summed E-state index contributed by atoms with van der Waals surface area (Å²) in [4.78, 5) is 29.2. The maximum absolute atomic E-state index is 12.9. The van der Waals surface area contributed by atoms with Crippen molar-refractivity contribution < 1.29 is 9.59 Å². The SMILES string of the molecule is O=C1C=C[C@]2(C(=O)Nc3cc(Cl)ccc32)[C@@H](C2C=CC=NC2)C1. The number of anilines is 1. The standard InChI is InChI=1S/C18H15ClN2O2/c19-12-3-4-14-16(8-12)21-17(23)18(14)6-5-13(22)9-15(18)11-2-1-7-20-10-11/h1-8,11,15H,9-10H2,(H,21,23)/t11?,15-,18-/m1/s1. The number of aliphatic imine (C=N–C) groups is 1. The van der Waals surface area contributed by atoms with E-state index in [4.69, 9.17) is 11.6 Å². The van der Waals surface area contributed by atoms with E-state index in [1.807, 2.05) is 18.2 Å². The van der Waals surface area contributed by atoms with Gasteiger partial charge in [0, 0.05) is 35.8 Å². The maximum atomic E-state index is 12.9. The molecule has 0 aromatic heterocycles. The molecule has 0 radical (unpaired) electrons. The minimum Gasteiger partial charge on any atom is -0.325 e. The smallest absolute Gasteiger partial charge is 0.239 e. The van der Waals surface area contributed by atoms with Crippen molar-refractivity contribution in [2.75, 3.05) is 11.9 Å². The molecule has 4 nitrogen and oxygen atoms in total. The second kappa shape index (κ2) is 5.17. The summed E-state index contributed by atoms with van der Waals surface area (Å²) < 4.78 is 0. The fourth-order valence-electron chi connectivity index (χ4n) is 3.90. The van der Waals surface area contributed by atoms with Gasteiger partial charge in [-0.05, 0) is 35.8 Å². The molecule has 0 fully saturated rings. The van der Waals surface area contributed by atoms with Gasteiger partial charge < -0.3 is 5.32 Å². The number of nitrogens with one attached hydrogen (secondary N) is 1. The van der Waals surface area contributed by atoms with Gasteiger partial charge in [0.05, 0.1) is 5.41 Å². The van der Waals surface area contributed by atoms with Crippen LogP contribution in [0, 0.1) is 11.8 Å². The molecule has 23 heavy (non-hydrogen) atoms. The van der Waals surface area contributed by atoms with Crippen molar-refractivity contribution >= 4 is 35.2 Å². The molecule has 2 aliphatic heterocycles. The molecule has 1 aromatic rings. The quantitative estimate of drug-likeness (QED) is 0.862. The molecule has 2 heterocycles. The van der Waals surface area contributed by atoms with E-state index in [1.54, 1.807) is 24.4 Å². The van der Waals surface area contributed by atoms with E-state index in [9.17, 15) is 9.59 Å². The summed E-state index contributed by atoms with van der Waals surface area (Å²) in [7, 11) is 0. The zero-order valence-corrected chi connectivity index (χ0v) is 13.1. The lowest BCUT2D eigenvalue weighted by atomic mass is 9.61. The molecule has 1 N–H and O–H groups in total. The molecule has 3 aliphatic rings. The monoisotopic (exact) mass is 326 g/mol. The molecule has 1 spiro atoms. The van der Waals surface area contributed by atoms with Crippen molar-refractivity contribution in [3.8, 4) is 0 Å². The normalized spacial score (nSPS) is 31.5. The fraction of sp³-hybridized carbons (Fsp3) is 0.278. The molecule has 5 heteroatoms. The molecular weight excluding hydrogens is 312 g/mol. The van der Waals surface area contributed by atoms with Crippen LogP contribution < -0.4 is 5.32 Å². The Balaban J connectivity index is 1.88. The van der Waals surface area contributed by atoms with E-state index in [0.717, 1.165) is 11.3 Å². The van der Waals surface area contributed by atoms with Gasteiger partial charge in [-0.25, -0.2) is 0 Å². The number of benzene rings is 1. The number of halogens is 1. The van der Waals surface area contributed by atoms with Gasteiger partial charge in [-0.1, -0.05) is 29.8 Å². The van der Waals surface area contributed by atoms with Crippen molar-refractivity contribution in [1.29, 1.82) is 0 Å². The lowest BCUT2D eigenvalue weighted by Gasteiger charge is -2.39. The zero-order chi connectivity index (χ0) is 16.0. The van der Waals surface area contributed by atoms with E-state index in [2.05, 4.69) is 10.3 Å². The first-order valence-corrected chi connectivity index (χ1v) is 7.99. The summed E-state index contributed by atoms with van der Waals surface area (Å²) in [5.41, 5.74) is 0.800. The Hall–Kier alpha value is -2.20. The van der Waals surface area contributed by atoms with E-state index in [-0.39, 0.29) is 23.5 Å². The number of ketones is 1. The number of allylic oxidation sites excluding steroid dienone is 2. The van der Waals surface area contributed by atoms with Crippen LogP contribution in [-0.2, 0) is 15.0 Å². The van der Waals surface area contributed by atoms with Gasteiger partial charge in [-0.3, -0.25) is 14.6 Å². The lowest BCUT2D eigenvalue weighted by molar-refractivity contribution is -0.123. The van der Waals surface area contributed by atoms with Gasteiger partial charge in [0.2, 0.25) is 5.91 Å². The number of hydrogen-bond acceptors (Lipinski definition) is 3. The molecule has 1 unspecified atom stereocenters. The molecule has 0 bridgehead atoms. The van der Waals surface area contributed by atoms with Gasteiger partial charge in [0.25, 0.3) is 0 Å². The minimum absolute atomic E-state index is 0.0544. The number of nitrogens with zero attached hydrogens (tertiary/aromatic N) is 1. The molecule has 116 valence electrons. The highest BCUT2D eigenvalue weighted by Gasteiger charge is 2.54. The Bertz CT molecular complexity index is 796. The average molecular weight is 327 g/mol. The van der Waals surface area contributed by atoms with Crippen molar-refractivity contribution in [3.05, 3.63) is 53.1 Å². The zero-order valence-electron chi connectivity index (χ0n) is 12.3. The maximum Gasteiger partial charge on any atom is 0.239 e. The summed E-state index contributed by atoms with van der Waals surface area (Å²) in [5.74, 6) is -0.123. The molecule has 3 atom stereocenters. The summed E-state index contributed by atoms with van der Waals surface area (Å²) >= 11 is 6.05. The van der Waals surface area contributed by atoms with E-state index in [1.165, 1.54) is 6.08 Å². The van der Waals surface area contributed by atoms with Crippen LogP contribution in [0.25, 0.3) is 0 Å².